The molecule has 0 unspecified atom stereocenters. The van der Waals surface area contributed by atoms with Crippen LogP contribution in [0.2, 0.25) is 0 Å². The maximum Gasteiger partial charge on any atom is 0.164 e. The van der Waals surface area contributed by atoms with Crippen LogP contribution in [-0.4, -0.2) is 19.5 Å². The zero-order valence-electron chi connectivity index (χ0n) is 30.4. The molecule has 8 aromatic carbocycles. The fourth-order valence-electron chi connectivity index (χ4n) is 8.42. The van der Waals surface area contributed by atoms with Crippen LogP contribution in [0.1, 0.15) is 0 Å². The second-order valence-electron chi connectivity index (χ2n) is 14.4. The molecular formula is C51H30N4O2. The number of rotatable bonds is 5. The molecule has 0 saturated heterocycles. The fourth-order valence-corrected chi connectivity index (χ4v) is 8.42. The summed E-state index contributed by atoms with van der Waals surface area (Å²) >= 11 is 0. The van der Waals surface area contributed by atoms with Gasteiger partial charge in [0.25, 0.3) is 0 Å². The Morgan fingerprint density at radius 3 is 1.61 bits per heavy atom. The Morgan fingerprint density at radius 1 is 0.333 bits per heavy atom. The van der Waals surface area contributed by atoms with Gasteiger partial charge in [-0.25, -0.2) is 15.0 Å². The zero-order valence-corrected chi connectivity index (χ0v) is 30.4. The first kappa shape index (κ1) is 31.5. The van der Waals surface area contributed by atoms with Crippen LogP contribution >= 0.6 is 0 Å². The quantitative estimate of drug-likeness (QED) is 0.176. The number of nitrogens with zero attached hydrogens (tertiary/aromatic N) is 4. The third-order valence-electron chi connectivity index (χ3n) is 11.1. The molecule has 0 saturated carbocycles. The number of benzene rings is 8. The molecule has 12 rings (SSSR count). The molecular weight excluding hydrogens is 701 g/mol. The first-order chi connectivity index (χ1) is 28.2. The van der Waals surface area contributed by atoms with Gasteiger partial charge in [0.05, 0.1) is 11.0 Å². The van der Waals surface area contributed by atoms with E-state index in [1.165, 1.54) is 21.8 Å². The summed E-state index contributed by atoms with van der Waals surface area (Å²) in [6.45, 7) is 0. The van der Waals surface area contributed by atoms with E-state index in [2.05, 4.69) is 108 Å². The van der Waals surface area contributed by atoms with Crippen molar-refractivity contribution < 1.29 is 8.83 Å². The summed E-state index contributed by atoms with van der Waals surface area (Å²) in [4.78, 5) is 14.8. The van der Waals surface area contributed by atoms with E-state index >= 15 is 0 Å². The van der Waals surface area contributed by atoms with Crippen molar-refractivity contribution in [1.29, 1.82) is 0 Å². The van der Waals surface area contributed by atoms with E-state index < -0.39 is 0 Å². The van der Waals surface area contributed by atoms with E-state index in [-0.39, 0.29) is 0 Å². The molecule has 266 valence electrons. The smallest absolute Gasteiger partial charge is 0.164 e. The number of para-hydroxylation sites is 2. The molecule has 0 amide bonds. The second kappa shape index (κ2) is 12.3. The van der Waals surface area contributed by atoms with Gasteiger partial charge in [-0.15, -0.1) is 0 Å². The maximum absolute atomic E-state index is 6.59. The third kappa shape index (κ3) is 5.01. The van der Waals surface area contributed by atoms with Crippen molar-refractivity contribution in [3.8, 4) is 51.0 Å². The van der Waals surface area contributed by atoms with Crippen LogP contribution in [0.5, 0.6) is 0 Å². The molecule has 4 heterocycles. The highest BCUT2D eigenvalue weighted by Gasteiger charge is 2.19. The molecule has 0 spiro atoms. The van der Waals surface area contributed by atoms with Crippen molar-refractivity contribution in [3.05, 3.63) is 182 Å². The van der Waals surface area contributed by atoms with E-state index in [0.717, 1.165) is 77.4 Å². The van der Waals surface area contributed by atoms with Gasteiger partial charge in [-0.05, 0) is 71.8 Å². The minimum atomic E-state index is 0.607. The van der Waals surface area contributed by atoms with Crippen LogP contribution in [0.3, 0.4) is 0 Å². The normalized spacial score (nSPS) is 11.9. The molecule has 6 heteroatoms. The minimum absolute atomic E-state index is 0.607. The predicted molar refractivity (Wildman–Crippen MR) is 230 cm³/mol. The van der Waals surface area contributed by atoms with Crippen molar-refractivity contribution in [2.75, 3.05) is 0 Å². The molecule has 0 aliphatic heterocycles. The molecule has 6 nitrogen and oxygen atoms in total. The third-order valence-corrected chi connectivity index (χ3v) is 11.1. The highest BCUT2D eigenvalue weighted by Crippen LogP contribution is 2.41. The summed E-state index contributed by atoms with van der Waals surface area (Å²) in [6.07, 6.45) is 0. The van der Waals surface area contributed by atoms with E-state index in [1.807, 2.05) is 78.9 Å². The zero-order chi connectivity index (χ0) is 37.5. The van der Waals surface area contributed by atoms with Gasteiger partial charge < -0.3 is 13.4 Å². The van der Waals surface area contributed by atoms with Crippen molar-refractivity contribution in [2.24, 2.45) is 0 Å². The lowest BCUT2D eigenvalue weighted by Gasteiger charge is -2.08. The molecule has 0 radical (unpaired) electrons. The van der Waals surface area contributed by atoms with E-state index in [4.69, 9.17) is 23.8 Å². The van der Waals surface area contributed by atoms with Gasteiger partial charge in [-0.3, -0.25) is 0 Å². The Bertz CT molecular complexity index is 3410. The molecule has 4 aromatic heterocycles. The predicted octanol–water partition coefficient (Wildman–Crippen LogP) is 13.4. The molecule has 0 atom stereocenters. The number of fused-ring (bicyclic) bond motifs is 9. The van der Waals surface area contributed by atoms with Crippen LogP contribution in [0.15, 0.2) is 191 Å². The molecule has 57 heavy (non-hydrogen) atoms. The topological polar surface area (TPSA) is 69.9 Å². The van der Waals surface area contributed by atoms with Crippen LogP contribution in [0.4, 0.5) is 0 Å². The second-order valence-corrected chi connectivity index (χ2v) is 14.4. The first-order valence-corrected chi connectivity index (χ1v) is 19.0. The maximum atomic E-state index is 6.59. The van der Waals surface area contributed by atoms with Crippen LogP contribution < -0.4 is 0 Å². The van der Waals surface area contributed by atoms with Gasteiger partial charge in [-0.2, -0.15) is 0 Å². The summed E-state index contributed by atoms with van der Waals surface area (Å²) in [5.41, 5.74) is 11.6. The average Bonchev–Trinajstić information content (AvgIpc) is 3.95. The molecule has 0 aliphatic carbocycles. The Hall–Kier alpha value is -7.83. The molecule has 0 bridgehead atoms. The van der Waals surface area contributed by atoms with Gasteiger partial charge in [0, 0.05) is 60.8 Å². The summed E-state index contributed by atoms with van der Waals surface area (Å²) < 4.78 is 15.4. The largest absolute Gasteiger partial charge is 0.456 e. The van der Waals surface area contributed by atoms with Gasteiger partial charge in [-0.1, -0.05) is 115 Å². The van der Waals surface area contributed by atoms with E-state index in [1.54, 1.807) is 0 Å². The van der Waals surface area contributed by atoms with Gasteiger partial charge >= 0.3 is 0 Å². The summed E-state index contributed by atoms with van der Waals surface area (Å²) in [5.74, 6) is 1.87. The van der Waals surface area contributed by atoms with Crippen molar-refractivity contribution in [3.63, 3.8) is 0 Å². The Labute approximate surface area is 325 Å². The van der Waals surface area contributed by atoms with Crippen molar-refractivity contribution >= 4 is 65.7 Å². The number of aromatic nitrogens is 4. The lowest BCUT2D eigenvalue weighted by Crippen LogP contribution is -2.00. The molecule has 0 fully saturated rings. The number of furan rings is 2. The molecule has 0 aliphatic rings. The minimum Gasteiger partial charge on any atom is -0.456 e. The van der Waals surface area contributed by atoms with E-state index in [9.17, 15) is 0 Å². The monoisotopic (exact) mass is 730 g/mol. The number of hydrogen-bond acceptors (Lipinski definition) is 5. The molecule has 0 N–H and O–H groups in total. The standard InChI is InChI=1S/C51H30N4O2/c1-3-12-31(13-4-1)49-52-50(32-14-5-2-6-15-32)54-51(53-49)34-23-27-44-41(28-34)39-25-22-33(29-46(39)56-44)36-18-11-21-45-48(36)40-26-24-35(30-47(40)57-45)55-42-19-9-7-16-37(42)38-17-8-10-20-43(38)55/h1-30H. The highest BCUT2D eigenvalue weighted by atomic mass is 16.3. The lowest BCUT2D eigenvalue weighted by molar-refractivity contribution is 0.668. The van der Waals surface area contributed by atoms with Crippen molar-refractivity contribution in [2.45, 2.75) is 0 Å². The Morgan fingerprint density at radius 2 is 0.912 bits per heavy atom. The van der Waals surface area contributed by atoms with Crippen LogP contribution in [-0.2, 0) is 0 Å². The number of hydrogen-bond donors (Lipinski definition) is 0. The summed E-state index contributed by atoms with van der Waals surface area (Å²) in [5, 5.41) is 6.64. The molecule has 12 aromatic rings. The highest BCUT2D eigenvalue weighted by molar-refractivity contribution is 6.15. The van der Waals surface area contributed by atoms with Gasteiger partial charge in [0.15, 0.2) is 17.5 Å². The van der Waals surface area contributed by atoms with Gasteiger partial charge in [0.1, 0.15) is 22.3 Å². The summed E-state index contributed by atoms with van der Waals surface area (Å²) in [7, 11) is 0. The Balaban J connectivity index is 0.960. The van der Waals surface area contributed by atoms with Gasteiger partial charge in [0.2, 0.25) is 0 Å². The summed E-state index contributed by atoms with van der Waals surface area (Å²) in [6, 6.07) is 62.7. The van der Waals surface area contributed by atoms with Crippen LogP contribution in [0.25, 0.3) is 117 Å². The van der Waals surface area contributed by atoms with Crippen LogP contribution in [0, 0.1) is 0 Å². The SMILES string of the molecule is c1ccc(-c2nc(-c3ccccc3)nc(-c3ccc4oc5cc(-c6cccc7oc8cc(-n9c%10ccccc%10c%10ccccc%109)ccc8c67)ccc5c4c3)n2)cc1. The Kier molecular flexibility index (Phi) is 6.83. The van der Waals surface area contributed by atoms with Crippen molar-refractivity contribution in [1.82, 2.24) is 19.5 Å². The average molecular weight is 731 g/mol. The van der Waals surface area contributed by atoms with E-state index in [0.29, 0.717) is 17.5 Å². The first-order valence-electron chi connectivity index (χ1n) is 19.0. The fraction of sp³-hybridized carbons (Fsp3) is 0. The lowest BCUT2D eigenvalue weighted by atomic mass is 9.98.